The van der Waals surface area contributed by atoms with Gasteiger partial charge in [-0.2, -0.15) is 5.10 Å². The monoisotopic (exact) mass is 539 g/mol. The number of aryl methyl sites for hydroxylation is 4. The van der Waals surface area contributed by atoms with Crippen molar-refractivity contribution in [3.63, 3.8) is 0 Å². The average molecular weight is 540 g/mol. The fourth-order valence-corrected chi connectivity index (χ4v) is 4.04. The van der Waals surface area contributed by atoms with Crippen molar-refractivity contribution in [1.29, 1.82) is 0 Å². The molecule has 2 unspecified atom stereocenters. The summed E-state index contributed by atoms with van der Waals surface area (Å²) in [6, 6.07) is 10.9. The molecule has 2 heterocycles. The normalized spacial score (nSPS) is 19.0. The van der Waals surface area contributed by atoms with Crippen LogP contribution in [0.3, 0.4) is 0 Å². The first-order valence-corrected chi connectivity index (χ1v) is 11.3. The van der Waals surface area contributed by atoms with Gasteiger partial charge >= 0.3 is 0 Å². The second-order valence-electron chi connectivity index (χ2n) is 8.25. The third-order valence-electron chi connectivity index (χ3n) is 5.62. The third-order valence-corrected chi connectivity index (χ3v) is 5.62. The molecule has 1 aliphatic rings. The molecule has 2 aromatic rings. The minimum atomic E-state index is 0. The highest BCUT2D eigenvalue weighted by atomic mass is 127. The summed E-state index contributed by atoms with van der Waals surface area (Å²) in [6.07, 6.45) is 3.40. The molecule has 1 aromatic carbocycles. The van der Waals surface area contributed by atoms with Crippen LogP contribution < -0.4 is 10.6 Å². The molecular formula is C24H38IN5O. The predicted molar refractivity (Wildman–Crippen MR) is 138 cm³/mol. The lowest BCUT2D eigenvalue weighted by Crippen LogP contribution is -2.39. The van der Waals surface area contributed by atoms with E-state index in [1.165, 1.54) is 16.8 Å². The van der Waals surface area contributed by atoms with E-state index in [4.69, 9.17) is 9.73 Å². The maximum Gasteiger partial charge on any atom is 0.191 e. The van der Waals surface area contributed by atoms with E-state index in [0.717, 1.165) is 63.7 Å². The van der Waals surface area contributed by atoms with Crippen molar-refractivity contribution in [2.24, 2.45) is 10.9 Å². The molecule has 0 spiro atoms. The number of aliphatic imine (C=N–C) groups is 1. The number of nitrogens with one attached hydrogen (secondary N) is 2. The van der Waals surface area contributed by atoms with Gasteiger partial charge in [0.1, 0.15) is 0 Å². The van der Waals surface area contributed by atoms with E-state index in [1.807, 2.05) is 6.92 Å². The van der Waals surface area contributed by atoms with Crippen molar-refractivity contribution in [3.05, 3.63) is 52.8 Å². The molecule has 1 aliphatic heterocycles. The molecule has 0 amide bonds. The zero-order valence-corrected chi connectivity index (χ0v) is 21.7. The first-order valence-electron chi connectivity index (χ1n) is 11.3. The topological polar surface area (TPSA) is 63.5 Å². The molecule has 1 aromatic heterocycles. The molecule has 1 fully saturated rings. The van der Waals surface area contributed by atoms with Crippen molar-refractivity contribution < 1.29 is 4.74 Å². The van der Waals surface area contributed by atoms with Crippen LogP contribution in [0, 0.1) is 26.7 Å². The van der Waals surface area contributed by atoms with E-state index >= 15 is 0 Å². The van der Waals surface area contributed by atoms with Crippen LogP contribution in [-0.2, 0) is 11.3 Å². The van der Waals surface area contributed by atoms with Gasteiger partial charge in [-0.1, -0.05) is 29.8 Å². The molecule has 6 nitrogen and oxygen atoms in total. The highest BCUT2D eigenvalue weighted by Gasteiger charge is 2.27. The molecule has 0 saturated carbocycles. The van der Waals surface area contributed by atoms with Gasteiger partial charge in [-0.05, 0) is 58.6 Å². The lowest BCUT2D eigenvalue weighted by atomic mass is 9.89. The Labute approximate surface area is 204 Å². The Hall–Kier alpha value is -1.61. The van der Waals surface area contributed by atoms with E-state index in [9.17, 15) is 0 Å². The molecule has 2 atom stereocenters. The Bertz CT molecular complexity index is 818. The lowest BCUT2D eigenvalue weighted by Gasteiger charge is -2.31. The van der Waals surface area contributed by atoms with Gasteiger partial charge in [0.2, 0.25) is 0 Å². The Morgan fingerprint density at radius 2 is 1.97 bits per heavy atom. The molecule has 31 heavy (non-hydrogen) atoms. The zero-order chi connectivity index (χ0) is 21.3. The molecule has 2 N–H and O–H groups in total. The van der Waals surface area contributed by atoms with Crippen LogP contribution in [0.25, 0.3) is 0 Å². The number of ether oxygens (including phenoxy) is 1. The first kappa shape index (κ1) is 25.6. The minimum Gasteiger partial charge on any atom is -0.373 e. The van der Waals surface area contributed by atoms with Crippen LogP contribution in [0.1, 0.15) is 54.8 Å². The van der Waals surface area contributed by atoms with Crippen LogP contribution in [0.5, 0.6) is 0 Å². The van der Waals surface area contributed by atoms with Gasteiger partial charge in [0.15, 0.2) is 5.96 Å². The van der Waals surface area contributed by atoms with Crippen LogP contribution >= 0.6 is 24.0 Å². The first-order chi connectivity index (χ1) is 14.6. The second-order valence-corrected chi connectivity index (χ2v) is 8.25. The molecule has 0 radical (unpaired) electrons. The number of hydrogen-bond acceptors (Lipinski definition) is 3. The fraction of sp³-hybridized carbons (Fsp3) is 0.583. The summed E-state index contributed by atoms with van der Waals surface area (Å²) in [5, 5.41) is 11.4. The summed E-state index contributed by atoms with van der Waals surface area (Å²) in [6.45, 7) is 12.6. The van der Waals surface area contributed by atoms with Gasteiger partial charge < -0.3 is 15.4 Å². The largest absolute Gasteiger partial charge is 0.373 e. The predicted octanol–water partition coefficient (Wildman–Crippen LogP) is 4.54. The standard InChI is InChI=1S/C24H37N5O.HI/c1-5-25-24(26-13-7-14-29-20(4)16-19(3)28-29)27-17-22-8-6-15-30-23(22)21-11-9-18(2)10-12-21;/h9-12,16,22-23H,5-8,13-15,17H2,1-4H3,(H2,25,26,27);1H. The smallest absolute Gasteiger partial charge is 0.191 e. The Balaban J connectivity index is 0.00000341. The summed E-state index contributed by atoms with van der Waals surface area (Å²) in [5.74, 6) is 1.30. The second kappa shape index (κ2) is 13.1. The molecule has 0 bridgehead atoms. The van der Waals surface area contributed by atoms with Gasteiger partial charge in [0, 0.05) is 44.4 Å². The van der Waals surface area contributed by atoms with Crippen molar-refractivity contribution in [2.45, 2.75) is 59.6 Å². The third kappa shape index (κ3) is 7.79. The van der Waals surface area contributed by atoms with Crippen LogP contribution in [0.15, 0.2) is 35.3 Å². The van der Waals surface area contributed by atoms with Gasteiger partial charge in [-0.15, -0.1) is 24.0 Å². The Kier molecular flexibility index (Phi) is 10.8. The Morgan fingerprint density at radius 1 is 1.19 bits per heavy atom. The molecule has 7 heteroatoms. The van der Waals surface area contributed by atoms with E-state index in [0.29, 0.717) is 5.92 Å². The SMILES string of the molecule is CCNC(=NCC1CCCOC1c1ccc(C)cc1)NCCCn1nc(C)cc1C.I. The molecule has 0 aliphatic carbocycles. The number of aromatic nitrogens is 2. The van der Waals surface area contributed by atoms with Crippen LogP contribution in [-0.4, -0.2) is 42.0 Å². The van der Waals surface area contributed by atoms with Crippen molar-refractivity contribution in [2.75, 3.05) is 26.2 Å². The Morgan fingerprint density at radius 3 is 2.65 bits per heavy atom. The molecule has 3 rings (SSSR count). The quantitative estimate of drug-likeness (QED) is 0.224. The van der Waals surface area contributed by atoms with Gasteiger partial charge in [-0.25, -0.2) is 0 Å². The maximum absolute atomic E-state index is 6.15. The highest BCUT2D eigenvalue weighted by molar-refractivity contribution is 14.0. The van der Waals surface area contributed by atoms with Crippen molar-refractivity contribution >= 4 is 29.9 Å². The number of rotatable bonds is 8. The minimum absolute atomic E-state index is 0. The summed E-state index contributed by atoms with van der Waals surface area (Å²) in [4.78, 5) is 4.89. The van der Waals surface area contributed by atoms with Crippen molar-refractivity contribution in [3.8, 4) is 0 Å². The number of guanidine groups is 1. The van der Waals surface area contributed by atoms with E-state index in [2.05, 4.69) is 71.5 Å². The van der Waals surface area contributed by atoms with Crippen molar-refractivity contribution in [1.82, 2.24) is 20.4 Å². The highest BCUT2D eigenvalue weighted by Crippen LogP contribution is 2.33. The lowest BCUT2D eigenvalue weighted by molar-refractivity contribution is -0.0250. The van der Waals surface area contributed by atoms with Gasteiger partial charge in [0.25, 0.3) is 0 Å². The molecular weight excluding hydrogens is 501 g/mol. The summed E-state index contributed by atoms with van der Waals surface area (Å²) in [5.41, 5.74) is 4.84. The molecule has 1 saturated heterocycles. The van der Waals surface area contributed by atoms with E-state index < -0.39 is 0 Å². The maximum atomic E-state index is 6.15. The van der Waals surface area contributed by atoms with Gasteiger partial charge in [-0.3, -0.25) is 9.67 Å². The number of benzene rings is 1. The average Bonchev–Trinajstić information content (AvgIpc) is 3.07. The van der Waals surface area contributed by atoms with E-state index in [-0.39, 0.29) is 30.1 Å². The molecule has 172 valence electrons. The summed E-state index contributed by atoms with van der Waals surface area (Å²) >= 11 is 0. The number of hydrogen-bond donors (Lipinski definition) is 2. The number of nitrogens with zero attached hydrogens (tertiary/aromatic N) is 3. The van der Waals surface area contributed by atoms with Crippen LogP contribution in [0.4, 0.5) is 0 Å². The number of halogens is 1. The van der Waals surface area contributed by atoms with Gasteiger partial charge in [0.05, 0.1) is 11.8 Å². The zero-order valence-electron chi connectivity index (χ0n) is 19.4. The van der Waals surface area contributed by atoms with Crippen LogP contribution in [0.2, 0.25) is 0 Å². The van der Waals surface area contributed by atoms with E-state index in [1.54, 1.807) is 0 Å². The fourth-order valence-electron chi connectivity index (χ4n) is 4.04. The summed E-state index contributed by atoms with van der Waals surface area (Å²) < 4.78 is 8.23. The summed E-state index contributed by atoms with van der Waals surface area (Å²) in [7, 11) is 0.